The van der Waals surface area contributed by atoms with Gasteiger partial charge in [0.1, 0.15) is 0 Å². The average Bonchev–Trinajstić information content (AvgIpc) is 2.26. The molecule has 0 saturated carbocycles. The van der Waals surface area contributed by atoms with Gasteiger partial charge < -0.3 is 14.8 Å². The molecule has 0 saturated heterocycles. The Hall–Kier alpha value is -0.320. The summed E-state index contributed by atoms with van der Waals surface area (Å²) in [5.41, 5.74) is 0. The largest absolute Gasteiger partial charge is 0.382 e. The summed E-state index contributed by atoms with van der Waals surface area (Å²) in [4.78, 5) is 11.3. The van der Waals surface area contributed by atoms with Gasteiger partial charge in [-0.3, -0.25) is 4.79 Å². The van der Waals surface area contributed by atoms with Gasteiger partial charge in [-0.25, -0.2) is 0 Å². The van der Waals surface area contributed by atoms with Crippen molar-refractivity contribution in [3.63, 3.8) is 0 Å². The van der Waals surface area contributed by atoms with Crippen molar-refractivity contribution in [3.8, 4) is 0 Å². The van der Waals surface area contributed by atoms with Crippen LogP contribution in [0.5, 0.6) is 0 Å². The second kappa shape index (κ2) is 10.2. The lowest BCUT2D eigenvalue weighted by Crippen LogP contribution is -2.31. The van der Waals surface area contributed by atoms with Crippen molar-refractivity contribution < 1.29 is 14.3 Å². The quantitative estimate of drug-likeness (QED) is 0.481. The van der Waals surface area contributed by atoms with Crippen molar-refractivity contribution in [3.05, 3.63) is 0 Å². The van der Waals surface area contributed by atoms with E-state index in [9.17, 15) is 4.79 Å². The van der Waals surface area contributed by atoms with E-state index in [1.165, 1.54) is 0 Å². The average molecular weight is 238 g/mol. The number of hydrogen-bond acceptors (Lipinski definition) is 3. The van der Waals surface area contributed by atoms with Gasteiger partial charge >= 0.3 is 0 Å². The Morgan fingerprint density at radius 3 is 2.73 bits per heavy atom. The van der Waals surface area contributed by atoms with Gasteiger partial charge in [0.15, 0.2) is 0 Å². The number of carbonyl (C=O) groups excluding carboxylic acids is 1. The molecule has 0 aliphatic rings. The number of rotatable bonds is 9. The summed E-state index contributed by atoms with van der Waals surface area (Å²) in [6.07, 6.45) is 0.810. The number of ether oxygens (including phenoxy) is 2. The monoisotopic (exact) mass is 237 g/mol. The van der Waals surface area contributed by atoms with E-state index in [0.717, 1.165) is 6.42 Å². The molecule has 0 radical (unpaired) electrons. The lowest BCUT2D eigenvalue weighted by molar-refractivity contribution is -0.123. The summed E-state index contributed by atoms with van der Waals surface area (Å²) in [7, 11) is 1.64. The van der Waals surface area contributed by atoms with Gasteiger partial charge in [0.25, 0.3) is 0 Å². The molecule has 0 aliphatic carbocycles. The maximum Gasteiger partial charge on any atom is 0.224 e. The Kier molecular flexibility index (Phi) is 9.99. The van der Waals surface area contributed by atoms with Gasteiger partial charge in [-0.15, -0.1) is 11.6 Å². The highest BCUT2D eigenvalue weighted by Crippen LogP contribution is 1.97. The zero-order chi connectivity index (χ0) is 11.5. The lowest BCUT2D eigenvalue weighted by Gasteiger charge is -2.09. The van der Waals surface area contributed by atoms with Crippen LogP contribution in [-0.4, -0.2) is 45.3 Å². The third kappa shape index (κ3) is 8.66. The van der Waals surface area contributed by atoms with E-state index in [2.05, 4.69) is 5.32 Å². The molecule has 0 heterocycles. The van der Waals surface area contributed by atoms with Crippen LogP contribution in [-0.2, 0) is 14.3 Å². The minimum Gasteiger partial charge on any atom is -0.382 e. The van der Waals surface area contributed by atoms with E-state index < -0.39 is 0 Å². The smallest absolute Gasteiger partial charge is 0.224 e. The molecule has 0 aromatic carbocycles. The molecule has 0 fully saturated rings. The second-order valence-corrected chi connectivity index (χ2v) is 3.61. The van der Waals surface area contributed by atoms with Gasteiger partial charge in [-0.05, 0) is 6.42 Å². The number of carbonyl (C=O) groups is 1. The first-order chi connectivity index (χ1) is 7.22. The molecule has 5 heteroatoms. The first-order valence-electron chi connectivity index (χ1n) is 5.12. The van der Waals surface area contributed by atoms with Crippen molar-refractivity contribution in [2.24, 2.45) is 5.92 Å². The van der Waals surface area contributed by atoms with Gasteiger partial charge in [0.05, 0.1) is 13.2 Å². The van der Waals surface area contributed by atoms with Crippen molar-refractivity contribution in [2.75, 3.05) is 39.4 Å². The number of nitrogens with one attached hydrogen (secondary N) is 1. The number of alkyl halides is 1. The predicted molar refractivity (Wildman–Crippen MR) is 60.2 cm³/mol. The van der Waals surface area contributed by atoms with Crippen LogP contribution in [0.1, 0.15) is 13.3 Å². The zero-order valence-electron chi connectivity index (χ0n) is 9.42. The topological polar surface area (TPSA) is 47.6 Å². The number of methoxy groups -OCH3 is 1. The molecule has 0 aromatic rings. The van der Waals surface area contributed by atoms with Crippen LogP contribution in [0.4, 0.5) is 0 Å². The lowest BCUT2D eigenvalue weighted by atomic mass is 10.2. The van der Waals surface area contributed by atoms with E-state index >= 15 is 0 Å². The molecule has 15 heavy (non-hydrogen) atoms. The summed E-state index contributed by atoms with van der Waals surface area (Å²) >= 11 is 5.54. The van der Waals surface area contributed by atoms with Crippen LogP contribution in [0.25, 0.3) is 0 Å². The zero-order valence-corrected chi connectivity index (χ0v) is 10.2. The Morgan fingerprint density at radius 1 is 1.40 bits per heavy atom. The highest BCUT2D eigenvalue weighted by atomic mass is 35.5. The molecule has 0 spiro atoms. The molecule has 0 aromatic heterocycles. The van der Waals surface area contributed by atoms with E-state index in [1.807, 2.05) is 0 Å². The van der Waals surface area contributed by atoms with Crippen molar-refractivity contribution >= 4 is 17.5 Å². The molecular weight excluding hydrogens is 218 g/mol. The maximum atomic E-state index is 11.3. The summed E-state index contributed by atoms with van der Waals surface area (Å²) in [6.45, 7) is 4.28. The second-order valence-electron chi connectivity index (χ2n) is 3.31. The molecule has 1 N–H and O–H groups in total. The van der Waals surface area contributed by atoms with Crippen LogP contribution >= 0.6 is 11.6 Å². The van der Waals surface area contributed by atoms with Gasteiger partial charge in [-0.2, -0.15) is 0 Å². The number of halogens is 1. The maximum absolute atomic E-state index is 11.3. The molecule has 1 atom stereocenters. The number of amides is 1. The van der Waals surface area contributed by atoms with Crippen LogP contribution < -0.4 is 5.32 Å². The molecule has 0 aliphatic heterocycles. The summed E-state index contributed by atoms with van der Waals surface area (Å²) in [5.74, 6) is 0.235. The Labute approximate surface area is 96.3 Å². The minimum absolute atomic E-state index is 0.00175. The molecule has 0 rings (SSSR count). The SMILES string of the molecule is COCCOCCCNC(=O)C(C)CCl. The molecule has 4 nitrogen and oxygen atoms in total. The van der Waals surface area contributed by atoms with Crippen LogP contribution in [0.15, 0.2) is 0 Å². The van der Waals surface area contributed by atoms with Gasteiger partial charge in [0, 0.05) is 32.1 Å². The third-order valence-corrected chi connectivity index (χ3v) is 2.34. The van der Waals surface area contributed by atoms with Crippen molar-refractivity contribution in [1.29, 1.82) is 0 Å². The summed E-state index contributed by atoms with van der Waals surface area (Å²) in [5, 5.41) is 2.79. The van der Waals surface area contributed by atoms with Gasteiger partial charge in [-0.1, -0.05) is 6.92 Å². The highest BCUT2D eigenvalue weighted by Gasteiger charge is 2.09. The molecular formula is C10H20ClNO3. The summed E-state index contributed by atoms with van der Waals surface area (Å²) in [6, 6.07) is 0. The van der Waals surface area contributed by atoms with Gasteiger partial charge in [0.2, 0.25) is 5.91 Å². The third-order valence-electron chi connectivity index (χ3n) is 1.88. The van der Waals surface area contributed by atoms with Crippen LogP contribution in [0.3, 0.4) is 0 Å². The molecule has 1 unspecified atom stereocenters. The van der Waals surface area contributed by atoms with Crippen LogP contribution in [0.2, 0.25) is 0 Å². The first-order valence-corrected chi connectivity index (χ1v) is 5.66. The minimum atomic E-state index is -0.124. The fraction of sp³-hybridized carbons (Fsp3) is 0.900. The molecule has 0 bridgehead atoms. The summed E-state index contributed by atoms with van der Waals surface area (Å²) < 4.78 is 10.1. The number of hydrogen-bond donors (Lipinski definition) is 1. The fourth-order valence-electron chi connectivity index (χ4n) is 0.874. The molecule has 1 amide bonds. The van der Waals surface area contributed by atoms with Crippen molar-refractivity contribution in [2.45, 2.75) is 13.3 Å². The van der Waals surface area contributed by atoms with Crippen molar-refractivity contribution in [1.82, 2.24) is 5.32 Å². The standard InChI is InChI=1S/C10H20ClNO3/c1-9(8-11)10(13)12-4-3-5-15-7-6-14-2/h9H,3-8H2,1-2H3,(H,12,13). The van der Waals surface area contributed by atoms with E-state index in [4.69, 9.17) is 21.1 Å². The first kappa shape index (κ1) is 14.7. The normalized spacial score (nSPS) is 12.5. The van der Waals surface area contributed by atoms with E-state index in [-0.39, 0.29) is 11.8 Å². The Balaban J connectivity index is 3.20. The Morgan fingerprint density at radius 2 is 2.13 bits per heavy atom. The fourth-order valence-corrected chi connectivity index (χ4v) is 1.01. The highest BCUT2D eigenvalue weighted by molar-refractivity contribution is 6.19. The predicted octanol–water partition coefficient (Wildman–Crippen LogP) is 1.03. The van der Waals surface area contributed by atoms with Crippen LogP contribution in [0, 0.1) is 5.92 Å². The Bertz CT molecular complexity index is 167. The molecule has 90 valence electrons. The van der Waals surface area contributed by atoms with E-state index in [0.29, 0.717) is 32.2 Å². The van der Waals surface area contributed by atoms with E-state index in [1.54, 1.807) is 14.0 Å².